The lowest BCUT2D eigenvalue weighted by molar-refractivity contribution is 0.0963. The van der Waals surface area contributed by atoms with E-state index in [2.05, 4.69) is 34.8 Å². The fourth-order valence-corrected chi connectivity index (χ4v) is 2.56. The summed E-state index contributed by atoms with van der Waals surface area (Å²) in [6.45, 7) is 5.67. The molecule has 0 aliphatic carbocycles. The predicted molar refractivity (Wildman–Crippen MR) is 109 cm³/mol. The molecular formula is C21H30N4O2. The number of furan rings is 1. The molecule has 0 bridgehead atoms. The molecule has 0 radical (unpaired) electrons. The number of carbonyl (C=O) groups is 1. The van der Waals surface area contributed by atoms with Gasteiger partial charge in [0.2, 0.25) is 0 Å². The average molecular weight is 370 g/mol. The number of guanidine groups is 1. The Kier molecular flexibility index (Phi) is 8.42. The van der Waals surface area contributed by atoms with Gasteiger partial charge in [0.25, 0.3) is 5.91 Å². The normalized spacial score (nSPS) is 12.5. The molecule has 1 aromatic heterocycles. The first kappa shape index (κ1) is 20.6. The average Bonchev–Trinajstić information content (AvgIpc) is 3.20. The molecule has 0 aliphatic rings. The molecule has 0 spiro atoms. The smallest absolute Gasteiger partial charge is 0.251 e. The van der Waals surface area contributed by atoms with Crippen LogP contribution < -0.4 is 16.0 Å². The zero-order valence-corrected chi connectivity index (χ0v) is 16.4. The third kappa shape index (κ3) is 7.17. The summed E-state index contributed by atoms with van der Waals surface area (Å²) < 4.78 is 5.35. The first-order valence-electron chi connectivity index (χ1n) is 9.50. The van der Waals surface area contributed by atoms with Gasteiger partial charge >= 0.3 is 0 Å². The molecule has 1 unspecified atom stereocenters. The van der Waals surface area contributed by atoms with Crippen molar-refractivity contribution in [1.29, 1.82) is 0 Å². The standard InChI is InChI=1S/C21H30N4O2/c1-4-16(2)25-21(24-13-11-19-9-6-14-27-19)23-12-10-17-7-5-8-18(15-17)20(26)22-3/h5-9,14-16H,4,10-13H2,1-3H3,(H,22,26)(H2,23,24,25). The van der Waals surface area contributed by atoms with E-state index < -0.39 is 0 Å². The first-order valence-corrected chi connectivity index (χ1v) is 9.50. The van der Waals surface area contributed by atoms with Crippen LogP contribution in [0.2, 0.25) is 0 Å². The van der Waals surface area contributed by atoms with Gasteiger partial charge in [-0.15, -0.1) is 0 Å². The Hall–Kier alpha value is -2.76. The van der Waals surface area contributed by atoms with E-state index in [0.717, 1.165) is 43.1 Å². The zero-order chi connectivity index (χ0) is 19.5. The second kappa shape index (κ2) is 11.1. The molecule has 1 heterocycles. The Labute approximate surface area is 161 Å². The molecular weight excluding hydrogens is 340 g/mol. The first-order chi connectivity index (χ1) is 13.1. The molecule has 0 saturated carbocycles. The van der Waals surface area contributed by atoms with E-state index in [9.17, 15) is 4.79 Å². The van der Waals surface area contributed by atoms with Gasteiger partial charge < -0.3 is 20.4 Å². The monoisotopic (exact) mass is 370 g/mol. The summed E-state index contributed by atoms with van der Waals surface area (Å²) in [5.74, 6) is 1.68. The number of hydrogen-bond donors (Lipinski definition) is 3. The molecule has 0 fully saturated rings. The molecule has 3 N–H and O–H groups in total. The van der Waals surface area contributed by atoms with Crippen LogP contribution in [0.4, 0.5) is 0 Å². The van der Waals surface area contributed by atoms with E-state index in [0.29, 0.717) is 18.2 Å². The van der Waals surface area contributed by atoms with Crippen molar-refractivity contribution in [1.82, 2.24) is 16.0 Å². The van der Waals surface area contributed by atoms with Crippen LogP contribution in [-0.4, -0.2) is 38.0 Å². The third-order valence-electron chi connectivity index (χ3n) is 4.33. The molecule has 6 nitrogen and oxygen atoms in total. The molecule has 1 aromatic carbocycles. The van der Waals surface area contributed by atoms with Crippen LogP contribution in [0.1, 0.15) is 41.9 Å². The zero-order valence-electron chi connectivity index (χ0n) is 16.4. The lowest BCUT2D eigenvalue weighted by Gasteiger charge is -2.17. The highest BCUT2D eigenvalue weighted by molar-refractivity contribution is 5.94. The number of rotatable bonds is 9. The fourth-order valence-electron chi connectivity index (χ4n) is 2.56. The summed E-state index contributed by atoms with van der Waals surface area (Å²) in [6, 6.07) is 11.9. The Balaban J connectivity index is 1.89. The minimum atomic E-state index is -0.0663. The molecule has 2 aromatic rings. The maximum atomic E-state index is 11.8. The van der Waals surface area contributed by atoms with Crippen LogP contribution in [0.25, 0.3) is 0 Å². The molecule has 6 heteroatoms. The summed E-state index contributed by atoms with van der Waals surface area (Å²) in [6.07, 6.45) is 4.29. The van der Waals surface area contributed by atoms with Crippen molar-refractivity contribution in [3.63, 3.8) is 0 Å². The van der Waals surface area contributed by atoms with Crippen molar-refractivity contribution in [2.75, 3.05) is 20.1 Å². The Morgan fingerprint density at radius 1 is 1.22 bits per heavy atom. The number of hydrogen-bond acceptors (Lipinski definition) is 3. The van der Waals surface area contributed by atoms with Crippen molar-refractivity contribution in [2.24, 2.45) is 4.99 Å². The topological polar surface area (TPSA) is 78.7 Å². The lowest BCUT2D eigenvalue weighted by atomic mass is 10.1. The van der Waals surface area contributed by atoms with Crippen LogP contribution in [-0.2, 0) is 12.8 Å². The molecule has 1 amide bonds. The van der Waals surface area contributed by atoms with Crippen LogP contribution in [0.5, 0.6) is 0 Å². The molecule has 146 valence electrons. The van der Waals surface area contributed by atoms with Gasteiger partial charge in [-0.05, 0) is 49.6 Å². The number of amides is 1. The Morgan fingerprint density at radius 2 is 2.07 bits per heavy atom. The number of nitrogens with one attached hydrogen (secondary N) is 3. The minimum Gasteiger partial charge on any atom is -0.469 e. The van der Waals surface area contributed by atoms with Gasteiger partial charge in [0.15, 0.2) is 5.96 Å². The summed E-state index contributed by atoms with van der Waals surface area (Å²) in [5.41, 5.74) is 1.79. The number of carbonyl (C=O) groups excluding carboxylic acids is 1. The molecule has 2 rings (SSSR count). The van der Waals surface area contributed by atoms with Crippen molar-refractivity contribution < 1.29 is 9.21 Å². The second-order valence-electron chi connectivity index (χ2n) is 6.47. The van der Waals surface area contributed by atoms with Crippen molar-refractivity contribution >= 4 is 11.9 Å². The highest BCUT2D eigenvalue weighted by Crippen LogP contribution is 2.06. The minimum absolute atomic E-state index is 0.0663. The molecule has 0 saturated heterocycles. The predicted octanol–water partition coefficient (Wildman–Crippen LogP) is 2.76. The summed E-state index contributed by atoms with van der Waals surface area (Å²) in [4.78, 5) is 16.4. The summed E-state index contributed by atoms with van der Waals surface area (Å²) in [5, 5.41) is 9.45. The maximum absolute atomic E-state index is 11.8. The number of benzene rings is 1. The highest BCUT2D eigenvalue weighted by atomic mass is 16.3. The third-order valence-corrected chi connectivity index (χ3v) is 4.33. The van der Waals surface area contributed by atoms with Crippen LogP contribution >= 0.6 is 0 Å². The Bertz CT molecular complexity index is 726. The van der Waals surface area contributed by atoms with Gasteiger partial charge in [0.05, 0.1) is 6.26 Å². The van der Waals surface area contributed by atoms with Gasteiger partial charge in [-0.3, -0.25) is 9.79 Å². The SMILES string of the molecule is CCC(C)NC(=NCCc1ccco1)NCCc1cccc(C(=O)NC)c1. The van der Waals surface area contributed by atoms with E-state index >= 15 is 0 Å². The Morgan fingerprint density at radius 3 is 2.78 bits per heavy atom. The van der Waals surface area contributed by atoms with Gasteiger partial charge in [-0.1, -0.05) is 19.1 Å². The quantitative estimate of drug-likeness (QED) is 0.468. The largest absolute Gasteiger partial charge is 0.469 e. The van der Waals surface area contributed by atoms with Gasteiger partial charge in [0.1, 0.15) is 5.76 Å². The van der Waals surface area contributed by atoms with Crippen molar-refractivity contribution in [2.45, 2.75) is 39.2 Å². The van der Waals surface area contributed by atoms with Crippen LogP contribution in [0.15, 0.2) is 52.1 Å². The number of aliphatic imine (C=N–C) groups is 1. The lowest BCUT2D eigenvalue weighted by Crippen LogP contribution is -2.43. The van der Waals surface area contributed by atoms with Crippen LogP contribution in [0.3, 0.4) is 0 Å². The van der Waals surface area contributed by atoms with Crippen molar-refractivity contribution in [3.8, 4) is 0 Å². The highest BCUT2D eigenvalue weighted by Gasteiger charge is 2.06. The van der Waals surface area contributed by atoms with E-state index in [-0.39, 0.29) is 5.91 Å². The van der Waals surface area contributed by atoms with Gasteiger partial charge in [0, 0.05) is 38.2 Å². The second-order valence-corrected chi connectivity index (χ2v) is 6.47. The summed E-state index contributed by atoms with van der Waals surface area (Å²) in [7, 11) is 1.64. The van der Waals surface area contributed by atoms with Gasteiger partial charge in [-0.2, -0.15) is 0 Å². The molecule has 0 aliphatic heterocycles. The van der Waals surface area contributed by atoms with E-state index in [1.807, 2.05) is 36.4 Å². The van der Waals surface area contributed by atoms with Crippen molar-refractivity contribution in [3.05, 3.63) is 59.5 Å². The van der Waals surface area contributed by atoms with E-state index in [1.54, 1.807) is 13.3 Å². The van der Waals surface area contributed by atoms with E-state index in [1.165, 1.54) is 0 Å². The summed E-state index contributed by atoms with van der Waals surface area (Å²) >= 11 is 0. The maximum Gasteiger partial charge on any atom is 0.251 e. The molecule has 27 heavy (non-hydrogen) atoms. The van der Waals surface area contributed by atoms with Gasteiger partial charge in [-0.25, -0.2) is 0 Å². The van der Waals surface area contributed by atoms with Crippen LogP contribution in [0, 0.1) is 0 Å². The number of nitrogens with zero attached hydrogens (tertiary/aromatic N) is 1. The van der Waals surface area contributed by atoms with E-state index in [4.69, 9.17) is 4.42 Å². The molecule has 1 atom stereocenters. The fraction of sp³-hybridized carbons (Fsp3) is 0.429.